The Bertz CT molecular complexity index is 820. The third-order valence-corrected chi connectivity index (χ3v) is 5.35. The first kappa shape index (κ1) is 16.2. The number of nitrogens with one attached hydrogen (secondary N) is 1. The summed E-state index contributed by atoms with van der Waals surface area (Å²) in [7, 11) is 0. The summed E-state index contributed by atoms with van der Waals surface area (Å²) in [4.78, 5) is 2.30. The van der Waals surface area contributed by atoms with Crippen LogP contribution in [0, 0.1) is 5.82 Å². The molecule has 1 saturated heterocycles. The molecule has 0 aliphatic carbocycles. The highest BCUT2D eigenvalue weighted by atomic mass is 32.1. The molecule has 1 aliphatic heterocycles. The van der Waals surface area contributed by atoms with E-state index < -0.39 is 0 Å². The summed E-state index contributed by atoms with van der Waals surface area (Å²) in [5, 5.41) is 14.0. The average molecular weight is 357 g/mol. The van der Waals surface area contributed by atoms with Gasteiger partial charge in [-0.25, -0.2) is 4.39 Å². The van der Waals surface area contributed by atoms with E-state index in [0.29, 0.717) is 13.1 Å². The first-order valence-electron chi connectivity index (χ1n) is 8.50. The molecule has 0 atom stereocenters. The fraction of sp³-hybridized carbons (Fsp3) is 0.333. The summed E-state index contributed by atoms with van der Waals surface area (Å²) < 4.78 is 15.0. The molecule has 3 heterocycles. The molecule has 1 fully saturated rings. The van der Waals surface area contributed by atoms with Crippen molar-refractivity contribution < 1.29 is 4.39 Å². The van der Waals surface area contributed by atoms with Gasteiger partial charge < -0.3 is 10.2 Å². The summed E-state index contributed by atoms with van der Waals surface area (Å²) in [6.07, 6.45) is 4.48. The number of anilines is 1. The topological polar surface area (TPSA) is 46.0 Å². The molecule has 2 aromatic heterocycles. The second kappa shape index (κ2) is 7.33. The minimum absolute atomic E-state index is 0.206. The lowest BCUT2D eigenvalue weighted by atomic mass is 10.2. The fourth-order valence-electron chi connectivity index (χ4n) is 3.03. The van der Waals surface area contributed by atoms with E-state index in [1.165, 1.54) is 25.0 Å². The van der Waals surface area contributed by atoms with Crippen molar-refractivity contribution in [2.45, 2.75) is 25.9 Å². The quantitative estimate of drug-likeness (QED) is 0.735. The monoisotopic (exact) mass is 357 g/mol. The van der Waals surface area contributed by atoms with Crippen molar-refractivity contribution in [1.82, 2.24) is 20.1 Å². The van der Waals surface area contributed by atoms with Crippen LogP contribution in [0.5, 0.6) is 0 Å². The van der Waals surface area contributed by atoms with Crippen LogP contribution in [0.2, 0.25) is 0 Å². The molecular weight excluding hydrogens is 337 g/mol. The van der Waals surface area contributed by atoms with E-state index in [4.69, 9.17) is 0 Å². The molecule has 1 N–H and O–H groups in total. The molecule has 25 heavy (non-hydrogen) atoms. The maximum absolute atomic E-state index is 12.9. The number of nitrogens with zero attached hydrogens (tertiary/aromatic N) is 4. The molecule has 0 unspecified atom stereocenters. The van der Waals surface area contributed by atoms with Crippen LogP contribution in [-0.2, 0) is 13.1 Å². The Morgan fingerprint density at radius 2 is 1.76 bits per heavy atom. The van der Waals surface area contributed by atoms with E-state index in [9.17, 15) is 4.39 Å². The van der Waals surface area contributed by atoms with Crippen LogP contribution in [0.25, 0.3) is 5.13 Å². The molecule has 7 heteroatoms. The van der Waals surface area contributed by atoms with Crippen LogP contribution in [0.1, 0.15) is 24.1 Å². The fourth-order valence-corrected chi connectivity index (χ4v) is 3.94. The van der Waals surface area contributed by atoms with Gasteiger partial charge in [-0.1, -0.05) is 23.5 Å². The largest absolute Gasteiger partial charge is 0.347 e. The lowest BCUT2D eigenvalue weighted by molar-refractivity contribution is 0.624. The molecule has 1 aliphatic rings. The lowest BCUT2D eigenvalue weighted by Gasteiger charge is -2.11. The molecule has 0 spiro atoms. The Balaban J connectivity index is 1.41. The van der Waals surface area contributed by atoms with E-state index in [0.717, 1.165) is 34.6 Å². The predicted octanol–water partition coefficient (Wildman–Crippen LogP) is 3.36. The van der Waals surface area contributed by atoms with Crippen molar-refractivity contribution in [2.75, 3.05) is 18.0 Å². The smallest absolute Gasteiger partial charge is 0.218 e. The molecular formula is C18H20FN5S. The Kier molecular flexibility index (Phi) is 4.76. The highest BCUT2D eigenvalue weighted by molar-refractivity contribution is 7.17. The number of halogens is 1. The average Bonchev–Trinajstić information content (AvgIpc) is 3.37. The van der Waals surface area contributed by atoms with E-state index in [1.54, 1.807) is 23.5 Å². The first-order chi connectivity index (χ1) is 12.3. The summed E-state index contributed by atoms with van der Waals surface area (Å²) in [5.74, 6) is -0.206. The maximum Gasteiger partial charge on any atom is 0.218 e. The molecule has 0 bridgehead atoms. The van der Waals surface area contributed by atoms with Gasteiger partial charge in [0.1, 0.15) is 5.82 Å². The summed E-state index contributed by atoms with van der Waals surface area (Å²) in [5.41, 5.74) is 2.19. The maximum atomic E-state index is 12.9. The zero-order valence-electron chi connectivity index (χ0n) is 13.9. The minimum Gasteiger partial charge on any atom is -0.347 e. The van der Waals surface area contributed by atoms with Gasteiger partial charge in [-0.3, -0.25) is 4.57 Å². The second-order valence-corrected chi connectivity index (χ2v) is 7.10. The Morgan fingerprint density at radius 3 is 2.56 bits per heavy atom. The zero-order chi connectivity index (χ0) is 17.1. The van der Waals surface area contributed by atoms with Gasteiger partial charge in [0.2, 0.25) is 10.3 Å². The van der Waals surface area contributed by atoms with Gasteiger partial charge in [-0.05, 0) is 42.7 Å². The van der Waals surface area contributed by atoms with Gasteiger partial charge in [0.25, 0.3) is 0 Å². The molecule has 130 valence electrons. The normalized spacial score (nSPS) is 14.4. The number of aromatic nitrogens is 3. The van der Waals surface area contributed by atoms with Gasteiger partial charge in [0.05, 0.1) is 0 Å². The van der Waals surface area contributed by atoms with Gasteiger partial charge in [0, 0.05) is 38.1 Å². The zero-order valence-corrected chi connectivity index (χ0v) is 14.7. The SMILES string of the molecule is Fc1ccc(CNCc2cccn2-c2nnc(N3CCCC3)s2)cc1. The van der Waals surface area contributed by atoms with E-state index in [-0.39, 0.29) is 5.82 Å². The molecule has 0 saturated carbocycles. The van der Waals surface area contributed by atoms with Crippen LogP contribution in [0.15, 0.2) is 42.6 Å². The highest BCUT2D eigenvalue weighted by Gasteiger charge is 2.17. The van der Waals surface area contributed by atoms with Crippen molar-refractivity contribution in [1.29, 1.82) is 0 Å². The Morgan fingerprint density at radius 1 is 1.00 bits per heavy atom. The number of rotatable bonds is 6. The molecule has 4 rings (SSSR count). The highest BCUT2D eigenvalue weighted by Crippen LogP contribution is 2.27. The van der Waals surface area contributed by atoms with Gasteiger partial charge in [0.15, 0.2) is 0 Å². The van der Waals surface area contributed by atoms with Gasteiger partial charge in [-0.15, -0.1) is 10.2 Å². The van der Waals surface area contributed by atoms with Crippen LogP contribution >= 0.6 is 11.3 Å². The minimum atomic E-state index is -0.206. The Labute approximate surface area is 150 Å². The second-order valence-electron chi connectivity index (χ2n) is 6.16. The van der Waals surface area contributed by atoms with Crippen molar-refractivity contribution >= 4 is 16.5 Å². The van der Waals surface area contributed by atoms with E-state index in [1.807, 2.05) is 12.3 Å². The number of hydrogen-bond donors (Lipinski definition) is 1. The van der Waals surface area contributed by atoms with Crippen LogP contribution in [-0.4, -0.2) is 27.9 Å². The summed E-state index contributed by atoms with van der Waals surface area (Å²) in [6, 6.07) is 10.7. The number of hydrogen-bond acceptors (Lipinski definition) is 5. The summed E-state index contributed by atoms with van der Waals surface area (Å²) >= 11 is 1.63. The third kappa shape index (κ3) is 3.72. The van der Waals surface area contributed by atoms with Gasteiger partial charge >= 0.3 is 0 Å². The molecule has 1 aromatic carbocycles. The van der Waals surface area contributed by atoms with Crippen LogP contribution in [0.3, 0.4) is 0 Å². The predicted molar refractivity (Wildman–Crippen MR) is 97.6 cm³/mol. The molecule has 0 amide bonds. The standard InChI is InChI=1S/C18H20FN5S/c19-15-7-5-14(6-8-15)12-20-13-16-4-3-11-24(16)18-22-21-17(25-18)23-9-1-2-10-23/h3-8,11,20H,1-2,9-10,12-13H2. The molecule has 5 nitrogen and oxygen atoms in total. The van der Waals surface area contributed by atoms with Gasteiger partial charge in [-0.2, -0.15) is 0 Å². The van der Waals surface area contributed by atoms with E-state index in [2.05, 4.69) is 31.0 Å². The third-order valence-electron chi connectivity index (χ3n) is 4.37. The van der Waals surface area contributed by atoms with Crippen molar-refractivity contribution in [3.05, 3.63) is 59.7 Å². The van der Waals surface area contributed by atoms with Crippen LogP contribution in [0.4, 0.5) is 9.52 Å². The molecule has 0 radical (unpaired) electrons. The Hall–Kier alpha value is -2.25. The number of benzene rings is 1. The summed E-state index contributed by atoms with van der Waals surface area (Å²) in [6.45, 7) is 3.56. The first-order valence-corrected chi connectivity index (χ1v) is 9.31. The lowest BCUT2D eigenvalue weighted by Crippen LogP contribution is -2.17. The van der Waals surface area contributed by atoms with Crippen molar-refractivity contribution in [3.8, 4) is 5.13 Å². The molecule has 3 aromatic rings. The van der Waals surface area contributed by atoms with E-state index >= 15 is 0 Å². The van der Waals surface area contributed by atoms with Crippen molar-refractivity contribution in [3.63, 3.8) is 0 Å². The van der Waals surface area contributed by atoms with Crippen molar-refractivity contribution in [2.24, 2.45) is 0 Å². The van der Waals surface area contributed by atoms with Crippen LogP contribution < -0.4 is 10.2 Å².